The second kappa shape index (κ2) is 2.96. The normalized spacial score (nSPS) is 15.5. The molecular weight excluding hydrogens is 128 g/mol. The van der Waals surface area contributed by atoms with Gasteiger partial charge in [0, 0.05) is 19.3 Å². The summed E-state index contributed by atoms with van der Waals surface area (Å²) in [5, 5.41) is 2.74. The fourth-order valence-electron chi connectivity index (χ4n) is 0.580. The Morgan fingerprint density at radius 3 is 3.10 bits per heavy atom. The summed E-state index contributed by atoms with van der Waals surface area (Å²) in [6, 6.07) is 0. The molecule has 0 amide bonds. The first kappa shape index (κ1) is 6.74. The number of hydrogen-bond acceptors (Lipinski definition) is 3. The number of carbonyl (C=O) groups excluding carboxylic acids is 1. The molecule has 0 aromatic rings. The summed E-state index contributed by atoms with van der Waals surface area (Å²) in [4.78, 5) is 14.5. The molecule has 0 atom stereocenters. The van der Waals surface area contributed by atoms with E-state index in [1.165, 1.54) is 6.92 Å². The minimum Gasteiger partial charge on any atom is -0.344 e. The molecule has 52 valence electrons. The molecule has 0 bridgehead atoms. The van der Waals surface area contributed by atoms with Crippen LogP contribution in [0.4, 0.5) is 0 Å². The molecule has 1 heterocycles. The quantitative estimate of drug-likeness (QED) is 0.573. The van der Waals surface area contributed by atoms with Gasteiger partial charge in [0.2, 0.25) is 0 Å². The van der Waals surface area contributed by atoms with Crippen LogP contribution in [0.3, 0.4) is 0 Å². The van der Waals surface area contributed by atoms with E-state index in [0.717, 1.165) is 0 Å². The lowest BCUT2D eigenvalue weighted by molar-refractivity contribution is -0.111. The molecule has 10 heavy (non-hydrogen) atoms. The molecule has 1 aliphatic rings. The van der Waals surface area contributed by atoms with E-state index < -0.39 is 0 Å². The average Bonchev–Trinajstić information content (AvgIpc) is 2.12. The maximum Gasteiger partial charge on any atom is 0.194 e. The number of Topliss-reactive ketones (excluding diaryl/α,β-unsaturated/α-hetero) is 1. The third-order valence-electron chi connectivity index (χ3n) is 1.05. The smallest absolute Gasteiger partial charge is 0.194 e. The fourth-order valence-corrected chi connectivity index (χ4v) is 0.580. The van der Waals surface area contributed by atoms with Gasteiger partial charge in [-0.1, -0.05) is 0 Å². The second-order valence-corrected chi connectivity index (χ2v) is 1.88. The van der Waals surface area contributed by atoms with Crippen molar-refractivity contribution >= 4 is 11.6 Å². The zero-order chi connectivity index (χ0) is 7.40. The van der Waals surface area contributed by atoms with Gasteiger partial charge in [0.15, 0.2) is 11.6 Å². The van der Waals surface area contributed by atoms with Crippen LogP contribution in [0.2, 0.25) is 0 Å². The van der Waals surface area contributed by atoms with Crippen molar-refractivity contribution in [1.82, 2.24) is 5.32 Å². The topological polar surface area (TPSA) is 41.5 Å². The highest BCUT2D eigenvalue weighted by molar-refractivity contribution is 6.38. The lowest BCUT2D eigenvalue weighted by Gasteiger charge is -1.96. The molecule has 0 fully saturated rings. The first-order valence-corrected chi connectivity index (χ1v) is 2.97. The van der Waals surface area contributed by atoms with Crippen LogP contribution >= 0.6 is 0 Å². The van der Waals surface area contributed by atoms with Gasteiger partial charge in [-0.25, -0.2) is 4.99 Å². The van der Waals surface area contributed by atoms with E-state index in [0.29, 0.717) is 5.84 Å². The van der Waals surface area contributed by atoms with Crippen molar-refractivity contribution in [1.29, 1.82) is 0 Å². The molecule has 0 aliphatic carbocycles. The Balaban J connectivity index is 2.78. The number of carbonyl (C=O) groups is 1. The SMILES string of the molecule is CC(=O)C1=NC=CC=CN1. The van der Waals surface area contributed by atoms with Gasteiger partial charge in [-0.15, -0.1) is 0 Å². The Morgan fingerprint density at radius 1 is 1.60 bits per heavy atom. The van der Waals surface area contributed by atoms with Crippen molar-refractivity contribution in [2.45, 2.75) is 6.92 Å². The number of amidine groups is 1. The Hall–Kier alpha value is -1.38. The van der Waals surface area contributed by atoms with Crippen molar-refractivity contribution in [3.63, 3.8) is 0 Å². The van der Waals surface area contributed by atoms with Gasteiger partial charge >= 0.3 is 0 Å². The van der Waals surface area contributed by atoms with Gasteiger partial charge in [0.25, 0.3) is 0 Å². The van der Waals surface area contributed by atoms with Gasteiger partial charge in [-0.05, 0) is 12.2 Å². The number of nitrogens with zero attached hydrogens (tertiary/aromatic N) is 1. The monoisotopic (exact) mass is 136 g/mol. The standard InChI is InChI=1S/C7H8N2O/c1-6(10)7-8-4-2-3-5-9-7/h2-5H,1H3,(H,8,9). The van der Waals surface area contributed by atoms with Crippen molar-refractivity contribution < 1.29 is 4.79 Å². The summed E-state index contributed by atoms with van der Waals surface area (Å²) in [7, 11) is 0. The van der Waals surface area contributed by atoms with Crippen molar-refractivity contribution in [2.75, 3.05) is 0 Å². The average molecular weight is 136 g/mol. The maximum atomic E-state index is 10.7. The molecule has 0 unspecified atom stereocenters. The molecular formula is C7H8N2O. The van der Waals surface area contributed by atoms with Gasteiger partial charge < -0.3 is 5.32 Å². The highest BCUT2D eigenvalue weighted by atomic mass is 16.1. The van der Waals surface area contributed by atoms with Crippen LogP contribution in [0, 0.1) is 0 Å². The molecule has 1 N–H and O–H groups in total. The van der Waals surface area contributed by atoms with Crippen LogP contribution in [-0.4, -0.2) is 11.6 Å². The van der Waals surface area contributed by atoms with Crippen molar-refractivity contribution in [3.8, 4) is 0 Å². The van der Waals surface area contributed by atoms with E-state index in [2.05, 4.69) is 10.3 Å². The summed E-state index contributed by atoms with van der Waals surface area (Å²) in [6.07, 6.45) is 6.78. The van der Waals surface area contributed by atoms with E-state index in [-0.39, 0.29) is 5.78 Å². The van der Waals surface area contributed by atoms with Crippen LogP contribution in [0.15, 0.2) is 29.5 Å². The van der Waals surface area contributed by atoms with Gasteiger partial charge in [0.1, 0.15) is 0 Å². The molecule has 0 saturated carbocycles. The van der Waals surface area contributed by atoms with E-state index in [9.17, 15) is 4.79 Å². The first-order chi connectivity index (χ1) is 4.80. The minimum atomic E-state index is -0.0591. The minimum absolute atomic E-state index is 0.0591. The molecule has 3 heteroatoms. The summed E-state index contributed by atoms with van der Waals surface area (Å²) in [5.74, 6) is 0.321. The number of rotatable bonds is 1. The van der Waals surface area contributed by atoms with Gasteiger partial charge in [-0.3, -0.25) is 4.79 Å². The summed E-state index contributed by atoms with van der Waals surface area (Å²) < 4.78 is 0. The van der Waals surface area contributed by atoms with E-state index in [1.54, 1.807) is 24.6 Å². The zero-order valence-corrected chi connectivity index (χ0v) is 5.66. The molecule has 0 radical (unpaired) electrons. The zero-order valence-electron chi connectivity index (χ0n) is 5.66. The first-order valence-electron chi connectivity index (χ1n) is 2.97. The Morgan fingerprint density at radius 2 is 2.40 bits per heavy atom. The molecule has 0 spiro atoms. The fraction of sp³-hybridized carbons (Fsp3) is 0.143. The molecule has 0 aromatic heterocycles. The van der Waals surface area contributed by atoms with Crippen LogP contribution < -0.4 is 5.32 Å². The molecule has 0 saturated heterocycles. The molecule has 1 rings (SSSR count). The van der Waals surface area contributed by atoms with Crippen molar-refractivity contribution in [2.24, 2.45) is 4.99 Å². The van der Waals surface area contributed by atoms with E-state index >= 15 is 0 Å². The van der Waals surface area contributed by atoms with E-state index in [1.807, 2.05) is 0 Å². The highest BCUT2D eigenvalue weighted by Crippen LogP contribution is 1.86. The predicted octanol–water partition coefficient (Wildman–Crippen LogP) is 0.605. The van der Waals surface area contributed by atoms with Crippen LogP contribution in [0.25, 0.3) is 0 Å². The van der Waals surface area contributed by atoms with E-state index in [4.69, 9.17) is 0 Å². The summed E-state index contributed by atoms with van der Waals surface area (Å²) in [5.41, 5.74) is 0. The maximum absolute atomic E-state index is 10.7. The Bertz CT molecular complexity index is 226. The number of nitrogens with one attached hydrogen (secondary N) is 1. The van der Waals surface area contributed by atoms with Crippen LogP contribution in [-0.2, 0) is 4.79 Å². The largest absolute Gasteiger partial charge is 0.344 e. The Kier molecular flexibility index (Phi) is 1.99. The van der Waals surface area contributed by atoms with Gasteiger partial charge in [0.05, 0.1) is 0 Å². The predicted molar refractivity (Wildman–Crippen MR) is 39.5 cm³/mol. The number of ketones is 1. The van der Waals surface area contributed by atoms with Crippen LogP contribution in [0.1, 0.15) is 6.92 Å². The number of allylic oxidation sites excluding steroid dienone is 2. The molecule has 0 aromatic carbocycles. The summed E-state index contributed by atoms with van der Waals surface area (Å²) in [6.45, 7) is 1.47. The molecule has 1 aliphatic heterocycles. The number of aliphatic imine (C=N–C) groups is 1. The van der Waals surface area contributed by atoms with Crippen molar-refractivity contribution in [3.05, 3.63) is 24.6 Å². The second-order valence-electron chi connectivity index (χ2n) is 1.88. The lowest BCUT2D eigenvalue weighted by Crippen LogP contribution is -2.23. The molecule has 3 nitrogen and oxygen atoms in total. The third-order valence-corrected chi connectivity index (χ3v) is 1.05. The summed E-state index contributed by atoms with van der Waals surface area (Å²) >= 11 is 0. The third kappa shape index (κ3) is 1.55. The lowest BCUT2D eigenvalue weighted by atomic mass is 10.4. The Labute approximate surface area is 59.2 Å². The van der Waals surface area contributed by atoms with Crippen LogP contribution in [0.5, 0.6) is 0 Å². The van der Waals surface area contributed by atoms with Gasteiger partial charge in [-0.2, -0.15) is 0 Å². The highest BCUT2D eigenvalue weighted by Gasteiger charge is 2.01. The number of hydrogen-bond donors (Lipinski definition) is 1.